The fraction of sp³-hybridized carbons (Fsp3) is 0.292. The second-order valence-corrected chi connectivity index (χ2v) is 9.40. The summed E-state index contributed by atoms with van der Waals surface area (Å²) in [5.74, 6) is 0. The van der Waals surface area contributed by atoms with Crippen molar-refractivity contribution in [3.8, 4) is 0 Å². The Kier molecular flexibility index (Phi) is 5.85. The van der Waals surface area contributed by atoms with Crippen LogP contribution >= 0.6 is 22.9 Å². The van der Waals surface area contributed by atoms with Gasteiger partial charge in [-0.3, -0.25) is 14.3 Å². The Morgan fingerprint density at radius 1 is 1.16 bits per heavy atom. The SMILES string of the molecule is O=c1c2c3c(sc2ncn1CCc1ccccc1Cl)CC(NCc1ccccn1)CC3. The van der Waals surface area contributed by atoms with Crippen molar-refractivity contribution in [1.82, 2.24) is 19.9 Å². The minimum Gasteiger partial charge on any atom is -0.308 e. The quantitative estimate of drug-likeness (QED) is 0.473. The van der Waals surface area contributed by atoms with Crippen LogP contribution in [0.4, 0.5) is 0 Å². The highest BCUT2D eigenvalue weighted by molar-refractivity contribution is 7.18. The van der Waals surface area contributed by atoms with E-state index in [-0.39, 0.29) is 5.56 Å². The van der Waals surface area contributed by atoms with Crippen LogP contribution in [-0.4, -0.2) is 20.6 Å². The lowest BCUT2D eigenvalue weighted by Gasteiger charge is -2.23. The van der Waals surface area contributed by atoms with E-state index in [0.717, 1.165) is 52.3 Å². The molecule has 0 saturated heterocycles. The summed E-state index contributed by atoms with van der Waals surface area (Å²) in [5, 5.41) is 5.17. The van der Waals surface area contributed by atoms with E-state index in [9.17, 15) is 4.79 Å². The van der Waals surface area contributed by atoms with Crippen LogP contribution in [0.1, 0.15) is 28.1 Å². The van der Waals surface area contributed by atoms with Gasteiger partial charge in [-0.1, -0.05) is 35.9 Å². The molecule has 7 heteroatoms. The number of fused-ring (bicyclic) bond motifs is 3. The number of benzene rings is 1. The molecule has 0 amide bonds. The molecule has 0 spiro atoms. The summed E-state index contributed by atoms with van der Waals surface area (Å²) in [6.45, 7) is 1.34. The molecular weight excluding hydrogens is 428 g/mol. The van der Waals surface area contributed by atoms with Gasteiger partial charge in [-0.15, -0.1) is 11.3 Å². The highest BCUT2D eigenvalue weighted by atomic mass is 35.5. The Bertz CT molecular complexity index is 1270. The average Bonchev–Trinajstić information content (AvgIpc) is 3.17. The summed E-state index contributed by atoms with van der Waals surface area (Å²) in [4.78, 5) is 24.4. The molecule has 1 aromatic carbocycles. The molecule has 158 valence electrons. The highest BCUT2D eigenvalue weighted by Gasteiger charge is 2.25. The van der Waals surface area contributed by atoms with Crippen molar-refractivity contribution in [2.24, 2.45) is 0 Å². The van der Waals surface area contributed by atoms with Gasteiger partial charge in [-0.2, -0.15) is 0 Å². The first-order valence-electron chi connectivity index (χ1n) is 10.6. The van der Waals surface area contributed by atoms with Gasteiger partial charge < -0.3 is 5.32 Å². The summed E-state index contributed by atoms with van der Waals surface area (Å²) in [6.07, 6.45) is 7.06. The Labute approximate surface area is 189 Å². The molecule has 0 fully saturated rings. The maximum absolute atomic E-state index is 13.2. The van der Waals surface area contributed by atoms with Crippen LogP contribution in [0.5, 0.6) is 0 Å². The topological polar surface area (TPSA) is 59.8 Å². The van der Waals surface area contributed by atoms with Gasteiger partial charge in [-0.05, 0) is 55.0 Å². The van der Waals surface area contributed by atoms with Gasteiger partial charge in [0.1, 0.15) is 4.83 Å². The normalized spacial score (nSPS) is 15.8. The van der Waals surface area contributed by atoms with Crippen LogP contribution in [0.2, 0.25) is 5.02 Å². The Morgan fingerprint density at radius 2 is 2.03 bits per heavy atom. The maximum atomic E-state index is 13.2. The minimum absolute atomic E-state index is 0.0643. The number of nitrogens with zero attached hydrogens (tertiary/aromatic N) is 3. The van der Waals surface area contributed by atoms with Gasteiger partial charge in [-0.25, -0.2) is 4.98 Å². The number of pyridine rings is 1. The number of thiophene rings is 1. The van der Waals surface area contributed by atoms with Gasteiger partial charge >= 0.3 is 0 Å². The van der Waals surface area contributed by atoms with Crippen molar-refractivity contribution in [3.05, 3.63) is 92.1 Å². The predicted molar refractivity (Wildman–Crippen MR) is 126 cm³/mol. The van der Waals surface area contributed by atoms with Crippen LogP contribution in [0.25, 0.3) is 10.2 Å². The number of hydrogen-bond donors (Lipinski definition) is 1. The molecule has 3 aromatic heterocycles. The van der Waals surface area contributed by atoms with Gasteiger partial charge in [0.2, 0.25) is 0 Å². The molecule has 4 aromatic rings. The van der Waals surface area contributed by atoms with Crippen LogP contribution in [-0.2, 0) is 32.4 Å². The molecule has 0 bridgehead atoms. The van der Waals surface area contributed by atoms with Crippen LogP contribution in [0.15, 0.2) is 59.8 Å². The van der Waals surface area contributed by atoms with Crippen molar-refractivity contribution in [1.29, 1.82) is 0 Å². The first-order chi connectivity index (χ1) is 15.2. The monoisotopic (exact) mass is 450 g/mol. The van der Waals surface area contributed by atoms with E-state index in [1.165, 1.54) is 10.4 Å². The number of halogens is 1. The van der Waals surface area contributed by atoms with Crippen molar-refractivity contribution in [2.45, 2.75) is 44.8 Å². The summed E-state index contributed by atoms with van der Waals surface area (Å²) in [5.41, 5.74) is 3.35. The van der Waals surface area contributed by atoms with E-state index < -0.39 is 0 Å². The molecule has 0 radical (unpaired) electrons. The molecule has 1 aliphatic carbocycles. The Morgan fingerprint density at radius 3 is 2.87 bits per heavy atom. The van der Waals surface area contributed by atoms with E-state index in [1.54, 1.807) is 22.2 Å². The predicted octanol–water partition coefficient (Wildman–Crippen LogP) is 4.40. The standard InChI is InChI=1S/C24H23ClN4OS/c25-20-7-2-1-5-16(20)10-12-29-15-28-23-22(24(29)30)19-9-8-17(13-21(19)31-23)27-14-18-6-3-4-11-26-18/h1-7,11,15,17,27H,8-10,12-14H2. The lowest BCUT2D eigenvalue weighted by atomic mass is 9.93. The summed E-state index contributed by atoms with van der Waals surface area (Å²) in [7, 11) is 0. The van der Waals surface area contributed by atoms with Crippen molar-refractivity contribution >= 4 is 33.2 Å². The highest BCUT2D eigenvalue weighted by Crippen LogP contribution is 2.33. The largest absolute Gasteiger partial charge is 0.308 e. The summed E-state index contributed by atoms with van der Waals surface area (Å²) >= 11 is 7.93. The van der Waals surface area contributed by atoms with Crippen LogP contribution in [0.3, 0.4) is 0 Å². The Hall–Kier alpha value is -2.54. The zero-order valence-corrected chi connectivity index (χ0v) is 18.6. The first-order valence-corrected chi connectivity index (χ1v) is 11.7. The van der Waals surface area contributed by atoms with Crippen molar-refractivity contribution in [3.63, 3.8) is 0 Å². The number of aromatic nitrogens is 3. The molecule has 3 heterocycles. The third-order valence-corrected chi connectivity index (χ3v) is 7.44. The summed E-state index contributed by atoms with van der Waals surface area (Å²) in [6, 6.07) is 14.2. The zero-order valence-electron chi connectivity index (χ0n) is 17.1. The number of aryl methyl sites for hydroxylation is 3. The molecule has 0 aliphatic heterocycles. The molecule has 0 saturated carbocycles. The molecule has 1 atom stereocenters. The molecular formula is C24H23ClN4OS. The van der Waals surface area contributed by atoms with E-state index >= 15 is 0 Å². The second kappa shape index (κ2) is 8.91. The molecule has 5 nitrogen and oxygen atoms in total. The number of hydrogen-bond acceptors (Lipinski definition) is 5. The molecule has 5 rings (SSSR count). The van der Waals surface area contributed by atoms with Gasteiger partial charge in [0.25, 0.3) is 5.56 Å². The zero-order chi connectivity index (χ0) is 21.2. The molecule has 1 N–H and O–H groups in total. The Balaban J connectivity index is 1.33. The van der Waals surface area contributed by atoms with E-state index in [0.29, 0.717) is 19.0 Å². The number of rotatable bonds is 6. The average molecular weight is 451 g/mol. The van der Waals surface area contributed by atoms with Crippen molar-refractivity contribution < 1.29 is 0 Å². The summed E-state index contributed by atoms with van der Waals surface area (Å²) < 4.78 is 1.73. The second-order valence-electron chi connectivity index (χ2n) is 7.91. The van der Waals surface area contributed by atoms with E-state index in [4.69, 9.17) is 11.6 Å². The fourth-order valence-electron chi connectivity index (χ4n) is 4.23. The third kappa shape index (κ3) is 4.28. The molecule has 31 heavy (non-hydrogen) atoms. The van der Waals surface area contributed by atoms with Gasteiger partial charge in [0.15, 0.2) is 0 Å². The van der Waals surface area contributed by atoms with E-state index in [1.807, 2.05) is 48.7 Å². The first kappa shape index (κ1) is 20.4. The lowest BCUT2D eigenvalue weighted by molar-refractivity contribution is 0.459. The number of nitrogens with one attached hydrogen (secondary N) is 1. The van der Waals surface area contributed by atoms with Crippen LogP contribution < -0.4 is 10.9 Å². The molecule has 1 aliphatic rings. The van der Waals surface area contributed by atoms with E-state index in [2.05, 4.69) is 15.3 Å². The lowest BCUT2D eigenvalue weighted by Crippen LogP contribution is -2.34. The van der Waals surface area contributed by atoms with Gasteiger partial charge in [0, 0.05) is 35.2 Å². The fourth-order valence-corrected chi connectivity index (χ4v) is 5.72. The maximum Gasteiger partial charge on any atom is 0.262 e. The van der Waals surface area contributed by atoms with Crippen LogP contribution in [0, 0.1) is 0 Å². The minimum atomic E-state index is 0.0643. The molecule has 1 unspecified atom stereocenters. The third-order valence-electron chi connectivity index (χ3n) is 5.91. The van der Waals surface area contributed by atoms with Gasteiger partial charge in [0.05, 0.1) is 17.4 Å². The van der Waals surface area contributed by atoms with Crippen molar-refractivity contribution in [2.75, 3.05) is 0 Å². The smallest absolute Gasteiger partial charge is 0.262 e.